The van der Waals surface area contributed by atoms with Crippen molar-refractivity contribution in [2.75, 3.05) is 32.2 Å². The summed E-state index contributed by atoms with van der Waals surface area (Å²) in [4.78, 5) is 26.0. The molecule has 1 aromatic carbocycles. The molecule has 2 rings (SSSR count). The Morgan fingerprint density at radius 3 is 2.72 bits per heavy atom. The molecule has 1 aromatic rings. The van der Waals surface area contributed by atoms with Crippen LogP contribution in [0.4, 0.5) is 10.5 Å². The number of hydrogen-bond acceptors (Lipinski definition) is 5. The molecular formula is C18H27N3O4. The van der Waals surface area contributed by atoms with Crippen molar-refractivity contribution in [1.29, 1.82) is 0 Å². The summed E-state index contributed by atoms with van der Waals surface area (Å²) in [6.07, 6.45) is 3.07. The highest BCUT2D eigenvalue weighted by Gasteiger charge is 2.29. The predicted octanol–water partition coefficient (Wildman–Crippen LogP) is 2.79. The SMILES string of the molecule is CCCCOC(=O)N1CCC[C@H](C(=O)NNc2ccc(OC)cc2)C1. The highest BCUT2D eigenvalue weighted by atomic mass is 16.6. The molecule has 25 heavy (non-hydrogen) atoms. The third kappa shape index (κ3) is 5.85. The Kier molecular flexibility index (Phi) is 7.37. The fourth-order valence-electron chi connectivity index (χ4n) is 2.66. The number of nitrogens with zero attached hydrogens (tertiary/aromatic N) is 1. The van der Waals surface area contributed by atoms with Crippen molar-refractivity contribution in [3.8, 4) is 5.75 Å². The quantitative estimate of drug-likeness (QED) is 0.584. The molecule has 0 saturated carbocycles. The summed E-state index contributed by atoms with van der Waals surface area (Å²) in [7, 11) is 1.60. The second-order valence-electron chi connectivity index (χ2n) is 6.10. The number of carbonyl (C=O) groups excluding carboxylic acids is 2. The first-order valence-corrected chi connectivity index (χ1v) is 8.75. The minimum absolute atomic E-state index is 0.123. The van der Waals surface area contributed by atoms with Crippen LogP contribution in [-0.2, 0) is 9.53 Å². The number of rotatable bonds is 7. The third-order valence-corrected chi connectivity index (χ3v) is 4.19. The third-order valence-electron chi connectivity index (χ3n) is 4.19. The van der Waals surface area contributed by atoms with Gasteiger partial charge in [-0.3, -0.25) is 15.6 Å². The van der Waals surface area contributed by atoms with Gasteiger partial charge in [0.05, 0.1) is 25.3 Å². The van der Waals surface area contributed by atoms with Gasteiger partial charge in [0.15, 0.2) is 0 Å². The average Bonchev–Trinajstić information content (AvgIpc) is 2.66. The first-order valence-electron chi connectivity index (χ1n) is 8.75. The van der Waals surface area contributed by atoms with Crippen LogP contribution in [0.1, 0.15) is 32.6 Å². The number of methoxy groups -OCH3 is 1. The van der Waals surface area contributed by atoms with E-state index in [1.165, 1.54) is 0 Å². The van der Waals surface area contributed by atoms with Crippen molar-refractivity contribution in [3.05, 3.63) is 24.3 Å². The standard InChI is InChI=1S/C18H27N3O4/c1-3-4-12-25-18(23)21-11-5-6-14(13-21)17(22)20-19-15-7-9-16(24-2)10-8-15/h7-10,14,19H,3-6,11-13H2,1-2H3,(H,20,22)/t14-/m0/s1. The minimum atomic E-state index is -0.325. The Bertz CT molecular complexity index is 562. The lowest BCUT2D eigenvalue weighted by Gasteiger charge is -2.31. The highest BCUT2D eigenvalue weighted by Crippen LogP contribution is 2.18. The molecule has 1 saturated heterocycles. The zero-order valence-corrected chi connectivity index (χ0v) is 14.9. The predicted molar refractivity (Wildman–Crippen MR) is 95.3 cm³/mol. The molecule has 0 aromatic heterocycles. The van der Waals surface area contributed by atoms with E-state index < -0.39 is 0 Å². The second-order valence-corrected chi connectivity index (χ2v) is 6.10. The summed E-state index contributed by atoms with van der Waals surface area (Å²) in [6.45, 7) is 3.51. The number of ether oxygens (including phenoxy) is 2. The van der Waals surface area contributed by atoms with E-state index in [4.69, 9.17) is 9.47 Å². The molecule has 7 heteroatoms. The molecule has 2 N–H and O–H groups in total. The van der Waals surface area contributed by atoms with Gasteiger partial charge in [-0.25, -0.2) is 4.79 Å². The monoisotopic (exact) mass is 349 g/mol. The largest absolute Gasteiger partial charge is 0.497 e. The molecule has 138 valence electrons. The normalized spacial score (nSPS) is 16.9. The zero-order valence-electron chi connectivity index (χ0n) is 14.9. The van der Waals surface area contributed by atoms with Gasteiger partial charge in [0.2, 0.25) is 5.91 Å². The fourth-order valence-corrected chi connectivity index (χ4v) is 2.66. The summed E-state index contributed by atoms with van der Waals surface area (Å²) < 4.78 is 10.3. The number of carbonyl (C=O) groups is 2. The maximum atomic E-state index is 12.3. The van der Waals surface area contributed by atoms with E-state index in [0.29, 0.717) is 19.7 Å². The lowest BCUT2D eigenvalue weighted by atomic mass is 9.98. The van der Waals surface area contributed by atoms with E-state index in [1.807, 2.05) is 31.2 Å². The minimum Gasteiger partial charge on any atom is -0.497 e. The molecule has 0 radical (unpaired) electrons. The maximum Gasteiger partial charge on any atom is 0.409 e. The van der Waals surface area contributed by atoms with Crippen molar-refractivity contribution in [1.82, 2.24) is 10.3 Å². The van der Waals surface area contributed by atoms with Gasteiger partial charge in [-0.15, -0.1) is 0 Å². The van der Waals surface area contributed by atoms with Crippen LogP contribution in [0.5, 0.6) is 5.75 Å². The first kappa shape index (κ1) is 18.9. The number of unbranched alkanes of at least 4 members (excludes halogenated alkanes) is 1. The lowest BCUT2D eigenvalue weighted by Crippen LogP contribution is -2.46. The number of anilines is 1. The van der Waals surface area contributed by atoms with E-state index in [-0.39, 0.29) is 17.9 Å². The topological polar surface area (TPSA) is 79.9 Å². The van der Waals surface area contributed by atoms with Gasteiger partial charge >= 0.3 is 6.09 Å². The van der Waals surface area contributed by atoms with Crippen molar-refractivity contribution >= 4 is 17.7 Å². The molecular weight excluding hydrogens is 322 g/mol. The number of hydrogen-bond donors (Lipinski definition) is 2. The van der Waals surface area contributed by atoms with Crippen LogP contribution in [0.25, 0.3) is 0 Å². The summed E-state index contributed by atoms with van der Waals surface area (Å²) in [5.41, 5.74) is 6.36. The van der Waals surface area contributed by atoms with Crippen molar-refractivity contribution in [2.45, 2.75) is 32.6 Å². The number of hydrazine groups is 1. The van der Waals surface area contributed by atoms with Crippen LogP contribution in [0.3, 0.4) is 0 Å². The average molecular weight is 349 g/mol. The Morgan fingerprint density at radius 2 is 2.04 bits per heavy atom. The summed E-state index contributed by atoms with van der Waals surface area (Å²) in [6, 6.07) is 7.25. The Hall–Kier alpha value is -2.44. The van der Waals surface area contributed by atoms with E-state index in [2.05, 4.69) is 10.9 Å². The fraction of sp³-hybridized carbons (Fsp3) is 0.556. The van der Waals surface area contributed by atoms with Gasteiger partial charge in [-0.1, -0.05) is 13.3 Å². The number of piperidine rings is 1. The second kappa shape index (κ2) is 9.76. The smallest absolute Gasteiger partial charge is 0.409 e. The van der Waals surface area contributed by atoms with Crippen LogP contribution in [0, 0.1) is 5.92 Å². The number of amides is 2. The molecule has 7 nitrogen and oxygen atoms in total. The van der Waals surface area contributed by atoms with Crippen LogP contribution < -0.4 is 15.6 Å². The van der Waals surface area contributed by atoms with Crippen LogP contribution in [-0.4, -0.2) is 43.7 Å². The molecule has 0 aliphatic carbocycles. The van der Waals surface area contributed by atoms with Gasteiger partial charge < -0.3 is 14.4 Å². The molecule has 1 aliphatic heterocycles. The highest BCUT2D eigenvalue weighted by molar-refractivity contribution is 5.81. The summed E-state index contributed by atoms with van der Waals surface area (Å²) in [5, 5.41) is 0. The van der Waals surface area contributed by atoms with Gasteiger partial charge in [0, 0.05) is 13.1 Å². The Labute approximate surface area is 148 Å². The van der Waals surface area contributed by atoms with Gasteiger partial charge in [-0.05, 0) is 43.5 Å². The van der Waals surface area contributed by atoms with Crippen LogP contribution >= 0.6 is 0 Å². The molecule has 2 amide bonds. The lowest BCUT2D eigenvalue weighted by molar-refractivity contribution is -0.125. The maximum absolute atomic E-state index is 12.3. The number of nitrogens with one attached hydrogen (secondary N) is 2. The number of likely N-dealkylation sites (tertiary alicyclic amines) is 1. The van der Waals surface area contributed by atoms with Crippen LogP contribution in [0.15, 0.2) is 24.3 Å². The molecule has 1 atom stereocenters. The van der Waals surface area contributed by atoms with E-state index in [1.54, 1.807) is 12.0 Å². The van der Waals surface area contributed by atoms with Gasteiger partial charge in [0.1, 0.15) is 5.75 Å². The molecule has 0 spiro atoms. The molecule has 0 bridgehead atoms. The van der Waals surface area contributed by atoms with E-state index in [0.717, 1.165) is 37.1 Å². The van der Waals surface area contributed by atoms with Crippen molar-refractivity contribution in [3.63, 3.8) is 0 Å². The van der Waals surface area contributed by atoms with E-state index in [9.17, 15) is 9.59 Å². The molecule has 1 fully saturated rings. The van der Waals surface area contributed by atoms with E-state index >= 15 is 0 Å². The molecule has 1 aliphatic rings. The number of benzene rings is 1. The Morgan fingerprint density at radius 1 is 1.28 bits per heavy atom. The van der Waals surface area contributed by atoms with Gasteiger partial charge in [-0.2, -0.15) is 0 Å². The summed E-state index contributed by atoms with van der Waals surface area (Å²) in [5.74, 6) is 0.390. The molecule has 1 heterocycles. The van der Waals surface area contributed by atoms with Crippen molar-refractivity contribution < 1.29 is 19.1 Å². The summed E-state index contributed by atoms with van der Waals surface area (Å²) >= 11 is 0. The van der Waals surface area contributed by atoms with Gasteiger partial charge in [0.25, 0.3) is 0 Å². The first-order chi connectivity index (χ1) is 12.1. The zero-order chi connectivity index (χ0) is 18.1. The van der Waals surface area contributed by atoms with Crippen molar-refractivity contribution in [2.24, 2.45) is 5.92 Å². The molecule has 0 unspecified atom stereocenters. The van der Waals surface area contributed by atoms with Crippen LogP contribution in [0.2, 0.25) is 0 Å². The Balaban J connectivity index is 1.79.